The van der Waals surface area contributed by atoms with Gasteiger partial charge < -0.3 is 5.32 Å². The summed E-state index contributed by atoms with van der Waals surface area (Å²) in [5.41, 5.74) is 3.49. The van der Waals surface area contributed by atoms with E-state index in [1.807, 2.05) is 12.1 Å². The fraction of sp³-hybridized carbons (Fsp3) is 0.286. The van der Waals surface area contributed by atoms with Crippen LogP contribution in [0.3, 0.4) is 0 Å². The molecule has 1 aliphatic carbocycles. The maximum absolute atomic E-state index is 13.6. The highest BCUT2D eigenvalue weighted by molar-refractivity contribution is 6.28. The second-order valence-corrected chi connectivity index (χ2v) is 4.95. The third-order valence-corrected chi connectivity index (χ3v) is 3.55. The molecule has 1 N–H and O–H groups in total. The van der Waals surface area contributed by atoms with Crippen LogP contribution in [-0.4, -0.2) is 9.97 Å². The lowest BCUT2D eigenvalue weighted by Gasteiger charge is -2.19. The highest BCUT2D eigenvalue weighted by Crippen LogP contribution is 2.30. The largest absolute Gasteiger partial charge is 0.337 e. The number of rotatable bonds is 2. The second-order valence-electron chi connectivity index (χ2n) is 4.61. The van der Waals surface area contributed by atoms with Gasteiger partial charge in [-0.1, -0.05) is 12.1 Å². The zero-order chi connectivity index (χ0) is 13.2. The number of hydrogen-bond acceptors (Lipinski definition) is 3. The third kappa shape index (κ3) is 2.54. The van der Waals surface area contributed by atoms with Crippen LogP contribution < -0.4 is 5.32 Å². The van der Waals surface area contributed by atoms with E-state index in [9.17, 15) is 4.39 Å². The molecular formula is C14H13ClFN3. The number of benzene rings is 1. The van der Waals surface area contributed by atoms with Gasteiger partial charge in [-0.25, -0.2) is 9.37 Å². The van der Waals surface area contributed by atoms with Crippen molar-refractivity contribution in [3.63, 3.8) is 0 Å². The molecule has 0 radical (unpaired) electrons. The number of nitrogens with zero attached hydrogens (tertiary/aromatic N) is 2. The molecule has 0 aliphatic heterocycles. The first-order valence-corrected chi connectivity index (χ1v) is 6.67. The minimum Gasteiger partial charge on any atom is -0.337 e. The average Bonchev–Trinajstić information content (AvgIpc) is 2.43. The summed E-state index contributed by atoms with van der Waals surface area (Å²) < 4.78 is 13.6. The molecule has 0 fully saturated rings. The number of fused-ring (bicyclic) bond motifs is 1. The molecule has 3 rings (SSSR count). The SMILES string of the molecule is Fc1cnc(Cl)nc1Nc1cccc2c1CCCC2. The summed E-state index contributed by atoms with van der Waals surface area (Å²) in [5, 5.41) is 3.07. The summed E-state index contributed by atoms with van der Waals surface area (Å²) >= 11 is 5.70. The van der Waals surface area contributed by atoms with Crippen molar-refractivity contribution in [1.82, 2.24) is 9.97 Å². The highest BCUT2D eigenvalue weighted by Gasteiger charge is 2.14. The predicted octanol–water partition coefficient (Wildman–Crippen LogP) is 3.89. The first-order valence-electron chi connectivity index (χ1n) is 6.30. The molecule has 19 heavy (non-hydrogen) atoms. The molecule has 1 aliphatic rings. The van der Waals surface area contributed by atoms with Gasteiger partial charge in [0.2, 0.25) is 5.28 Å². The van der Waals surface area contributed by atoms with Crippen LogP contribution >= 0.6 is 11.6 Å². The van der Waals surface area contributed by atoms with Crippen molar-refractivity contribution >= 4 is 23.1 Å². The van der Waals surface area contributed by atoms with Crippen LogP contribution in [0.15, 0.2) is 24.4 Å². The molecule has 1 heterocycles. The van der Waals surface area contributed by atoms with E-state index >= 15 is 0 Å². The van der Waals surface area contributed by atoms with Crippen LogP contribution in [-0.2, 0) is 12.8 Å². The van der Waals surface area contributed by atoms with Gasteiger partial charge in [0, 0.05) is 5.69 Å². The van der Waals surface area contributed by atoms with Gasteiger partial charge in [0.1, 0.15) is 0 Å². The lowest BCUT2D eigenvalue weighted by Crippen LogP contribution is -2.07. The van der Waals surface area contributed by atoms with E-state index < -0.39 is 5.82 Å². The number of aryl methyl sites for hydroxylation is 1. The van der Waals surface area contributed by atoms with E-state index in [1.165, 1.54) is 24.0 Å². The van der Waals surface area contributed by atoms with Crippen LogP contribution in [0, 0.1) is 5.82 Å². The number of anilines is 2. The molecule has 0 saturated heterocycles. The molecule has 5 heteroatoms. The van der Waals surface area contributed by atoms with Gasteiger partial charge in [-0.2, -0.15) is 4.98 Å². The van der Waals surface area contributed by atoms with Crippen molar-refractivity contribution in [1.29, 1.82) is 0 Å². The molecule has 0 saturated carbocycles. The van der Waals surface area contributed by atoms with Crippen molar-refractivity contribution in [3.8, 4) is 0 Å². The minimum atomic E-state index is -0.502. The summed E-state index contributed by atoms with van der Waals surface area (Å²) in [6.07, 6.45) is 5.55. The quantitative estimate of drug-likeness (QED) is 0.846. The summed E-state index contributed by atoms with van der Waals surface area (Å²) in [7, 11) is 0. The van der Waals surface area contributed by atoms with Crippen LogP contribution in [0.4, 0.5) is 15.9 Å². The molecule has 0 spiro atoms. The Balaban J connectivity index is 1.97. The van der Waals surface area contributed by atoms with Gasteiger partial charge in [0.15, 0.2) is 11.6 Å². The van der Waals surface area contributed by atoms with E-state index in [0.717, 1.165) is 24.7 Å². The van der Waals surface area contributed by atoms with Gasteiger partial charge in [-0.15, -0.1) is 0 Å². The van der Waals surface area contributed by atoms with E-state index in [0.29, 0.717) is 0 Å². The van der Waals surface area contributed by atoms with Crippen molar-refractivity contribution in [2.24, 2.45) is 0 Å². The predicted molar refractivity (Wildman–Crippen MR) is 73.4 cm³/mol. The van der Waals surface area contributed by atoms with Crippen molar-refractivity contribution < 1.29 is 4.39 Å². The highest BCUT2D eigenvalue weighted by atomic mass is 35.5. The maximum atomic E-state index is 13.6. The summed E-state index contributed by atoms with van der Waals surface area (Å²) in [6.45, 7) is 0. The second kappa shape index (κ2) is 5.13. The first kappa shape index (κ1) is 12.4. The molecule has 3 nitrogen and oxygen atoms in total. The molecule has 1 aromatic carbocycles. The topological polar surface area (TPSA) is 37.8 Å². The number of nitrogens with one attached hydrogen (secondary N) is 1. The molecule has 0 unspecified atom stereocenters. The number of hydrogen-bond donors (Lipinski definition) is 1. The fourth-order valence-electron chi connectivity index (χ4n) is 2.46. The van der Waals surface area contributed by atoms with E-state index in [2.05, 4.69) is 21.4 Å². The Morgan fingerprint density at radius 1 is 1.21 bits per heavy atom. The van der Waals surface area contributed by atoms with Gasteiger partial charge >= 0.3 is 0 Å². The van der Waals surface area contributed by atoms with Crippen LogP contribution in [0.2, 0.25) is 5.28 Å². The van der Waals surface area contributed by atoms with E-state index in [-0.39, 0.29) is 11.1 Å². The van der Waals surface area contributed by atoms with E-state index in [4.69, 9.17) is 11.6 Å². The first-order chi connectivity index (χ1) is 9.24. The van der Waals surface area contributed by atoms with Gasteiger partial charge in [0.05, 0.1) is 6.20 Å². The van der Waals surface area contributed by atoms with Gasteiger partial charge in [-0.05, 0) is 54.5 Å². The molecule has 1 aromatic heterocycles. The lowest BCUT2D eigenvalue weighted by molar-refractivity contribution is 0.618. The molecule has 0 atom stereocenters. The molecule has 0 amide bonds. The van der Waals surface area contributed by atoms with Gasteiger partial charge in [-0.3, -0.25) is 0 Å². The van der Waals surface area contributed by atoms with Crippen LogP contribution in [0.1, 0.15) is 24.0 Å². The van der Waals surface area contributed by atoms with Gasteiger partial charge in [0.25, 0.3) is 0 Å². The standard InChI is InChI=1S/C14H13ClFN3/c15-14-17-8-11(16)13(19-14)18-12-7-3-5-9-4-1-2-6-10(9)12/h3,5,7-8H,1-2,4,6H2,(H,17,18,19). The van der Waals surface area contributed by atoms with Crippen molar-refractivity contribution in [2.75, 3.05) is 5.32 Å². The summed E-state index contributed by atoms with van der Waals surface area (Å²) in [6, 6.07) is 6.05. The Morgan fingerprint density at radius 2 is 2.05 bits per heavy atom. The zero-order valence-electron chi connectivity index (χ0n) is 10.3. The summed E-state index contributed by atoms with van der Waals surface area (Å²) in [5.74, 6) is -0.378. The molecular weight excluding hydrogens is 265 g/mol. The minimum absolute atomic E-state index is 0.0358. The smallest absolute Gasteiger partial charge is 0.224 e. The zero-order valence-corrected chi connectivity index (χ0v) is 11.0. The van der Waals surface area contributed by atoms with Crippen molar-refractivity contribution in [3.05, 3.63) is 46.6 Å². The Morgan fingerprint density at radius 3 is 2.95 bits per heavy atom. The fourth-order valence-corrected chi connectivity index (χ4v) is 2.59. The normalized spacial score (nSPS) is 14.0. The monoisotopic (exact) mass is 277 g/mol. The lowest BCUT2D eigenvalue weighted by atomic mass is 9.90. The number of aromatic nitrogens is 2. The van der Waals surface area contributed by atoms with E-state index in [1.54, 1.807) is 0 Å². The molecule has 2 aromatic rings. The Labute approximate surface area is 115 Å². The number of halogens is 2. The maximum Gasteiger partial charge on any atom is 0.224 e. The summed E-state index contributed by atoms with van der Waals surface area (Å²) in [4.78, 5) is 7.49. The Kier molecular flexibility index (Phi) is 3.34. The van der Waals surface area contributed by atoms with Crippen LogP contribution in [0.5, 0.6) is 0 Å². The molecule has 98 valence electrons. The third-order valence-electron chi connectivity index (χ3n) is 3.36. The van der Waals surface area contributed by atoms with Crippen LogP contribution in [0.25, 0.3) is 0 Å². The average molecular weight is 278 g/mol. The molecule has 0 bridgehead atoms. The Hall–Kier alpha value is -1.68. The Bertz CT molecular complexity index is 616. The van der Waals surface area contributed by atoms with Crippen molar-refractivity contribution in [2.45, 2.75) is 25.7 Å².